The zero-order valence-corrected chi connectivity index (χ0v) is 15.2. The summed E-state index contributed by atoms with van der Waals surface area (Å²) >= 11 is 0. The van der Waals surface area contributed by atoms with Gasteiger partial charge in [0, 0.05) is 39.8 Å². The summed E-state index contributed by atoms with van der Waals surface area (Å²) in [5, 5.41) is 0.631. The van der Waals surface area contributed by atoms with Crippen molar-refractivity contribution in [2.45, 2.75) is 25.9 Å². The number of aryl methyl sites for hydroxylation is 2. The first-order valence-corrected chi connectivity index (χ1v) is 8.54. The van der Waals surface area contributed by atoms with Crippen molar-refractivity contribution >= 4 is 22.5 Å². The second-order valence-electron chi connectivity index (χ2n) is 7.35. The van der Waals surface area contributed by atoms with Gasteiger partial charge in [-0.05, 0) is 20.9 Å². The fourth-order valence-electron chi connectivity index (χ4n) is 4.31. The Kier molecular flexibility index (Phi) is 3.50. The Morgan fingerprint density at radius 3 is 2.56 bits per heavy atom. The van der Waals surface area contributed by atoms with Crippen molar-refractivity contribution in [1.29, 1.82) is 0 Å². The Balaban J connectivity index is 2.12. The summed E-state index contributed by atoms with van der Waals surface area (Å²) < 4.78 is 16.4. The molecule has 134 valence electrons. The highest BCUT2D eigenvalue weighted by Gasteiger charge is 2.38. The smallest absolute Gasteiger partial charge is 0.350 e. The molecule has 1 saturated heterocycles. The SMILES string of the molecule is Cc1nc2c3c(nc(=O)n2C)N2C(C)CN(C)CC2CN(C)c3c1F. The Morgan fingerprint density at radius 1 is 1.12 bits per heavy atom. The second-order valence-corrected chi connectivity index (χ2v) is 7.35. The number of nitrogens with zero attached hydrogens (tertiary/aromatic N) is 6. The molecule has 0 bridgehead atoms. The number of rotatable bonds is 0. The lowest BCUT2D eigenvalue weighted by Crippen LogP contribution is -2.59. The van der Waals surface area contributed by atoms with Crippen LogP contribution in [-0.4, -0.2) is 65.2 Å². The highest BCUT2D eigenvalue weighted by molar-refractivity contribution is 6.00. The average Bonchev–Trinajstić information content (AvgIpc) is 2.64. The van der Waals surface area contributed by atoms with E-state index >= 15 is 4.39 Å². The molecule has 25 heavy (non-hydrogen) atoms. The van der Waals surface area contributed by atoms with Crippen molar-refractivity contribution < 1.29 is 4.39 Å². The van der Waals surface area contributed by atoms with E-state index < -0.39 is 0 Å². The van der Waals surface area contributed by atoms with Crippen molar-refractivity contribution in [3.63, 3.8) is 0 Å². The van der Waals surface area contributed by atoms with Crippen LogP contribution in [0.1, 0.15) is 12.6 Å². The summed E-state index contributed by atoms with van der Waals surface area (Å²) in [6.45, 7) is 6.14. The average molecular weight is 346 g/mol. The molecule has 2 aliphatic heterocycles. The number of fused-ring (bicyclic) bond motifs is 2. The summed E-state index contributed by atoms with van der Waals surface area (Å²) in [4.78, 5) is 27.6. The third-order valence-electron chi connectivity index (χ3n) is 5.37. The number of likely N-dealkylation sites (N-methyl/N-ethyl adjacent to an activating group) is 2. The summed E-state index contributed by atoms with van der Waals surface area (Å²) in [5.74, 6) is 0.229. The van der Waals surface area contributed by atoms with E-state index in [2.05, 4.69) is 33.7 Å². The summed E-state index contributed by atoms with van der Waals surface area (Å²) in [6, 6.07) is 0.309. The quantitative estimate of drug-likeness (QED) is 0.701. The molecule has 2 aliphatic rings. The summed E-state index contributed by atoms with van der Waals surface area (Å²) in [7, 11) is 5.62. The number of hydrogen-bond acceptors (Lipinski definition) is 6. The Labute approximate surface area is 145 Å². The van der Waals surface area contributed by atoms with E-state index in [9.17, 15) is 4.79 Å². The van der Waals surface area contributed by atoms with Gasteiger partial charge in [-0.2, -0.15) is 4.98 Å². The molecule has 0 spiro atoms. The first kappa shape index (κ1) is 16.3. The molecular formula is C17H23FN6O. The Bertz CT molecular complexity index is 926. The van der Waals surface area contributed by atoms with Crippen LogP contribution in [0, 0.1) is 12.7 Å². The molecule has 2 unspecified atom stereocenters. The highest BCUT2D eigenvalue weighted by Crippen LogP contribution is 2.39. The molecule has 0 amide bonds. The van der Waals surface area contributed by atoms with Crippen molar-refractivity contribution in [2.24, 2.45) is 7.05 Å². The van der Waals surface area contributed by atoms with Crippen LogP contribution in [-0.2, 0) is 7.05 Å². The first-order chi connectivity index (χ1) is 11.8. The minimum absolute atomic E-state index is 0.133. The summed E-state index contributed by atoms with van der Waals surface area (Å²) in [6.07, 6.45) is 0. The van der Waals surface area contributed by atoms with Crippen LogP contribution in [0.15, 0.2) is 4.79 Å². The van der Waals surface area contributed by atoms with Gasteiger partial charge in [0.05, 0.1) is 22.8 Å². The predicted octanol–water partition coefficient (Wildman–Crippen LogP) is 0.735. The fourth-order valence-corrected chi connectivity index (χ4v) is 4.31. The lowest BCUT2D eigenvalue weighted by atomic mass is 10.1. The Morgan fingerprint density at radius 2 is 1.84 bits per heavy atom. The van der Waals surface area contributed by atoms with Gasteiger partial charge in [-0.25, -0.2) is 14.2 Å². The fraction of sp³-hybridized carbons (Fsp3) is 0.588. The van der Waals surface area contributed by atoms with Crippen molar-refractivity contribution in [2.75, 3.05) is 43.5 Å². The third kappa shape index (κ3) is 2.23. The maximum atomic E-state index is 15.0. The highest BCUT2D eigenvalue weighted by atomic mass is 19.1. The summed E-state index contributed by atoms with van der Waals surface area (Å²) in [5.41, 5.74) is 0.917. The molecule has 0 N–H and O–H groups in total. The molecule has 0 aliphatic carbocycles. The monoisotopic (exact) mass is 346 g/mol. The van der Waals surface area contributed by atoms with Gasteiger partial charge in [-0.3, -0.25) is 4.57 Å². The zero-order valence-electron chi connectivity index (χ0n) is 15.2. The molecule has 8 heteroatoms. The largest absolute Gasteiger partial charge is 0.369 e. The van der Waals surface area contributed by atoms with Crippen LogP contribution in [0.4, 0.5) is 15.9 Å². The lowest BCUT2D eigenvalue weighted by Gasteiger charge is -2.45. The van der Waals surface area contributed by atoms with Gasteiger partial charge in [0.1, 0.15) is 11.5 Å². The zero-order chi connectivity index (χ0) is 18.0. The lowest BCUT2D eigenvalue weighted by molar-refractivity contribution is 0.234. The maximum Gasteiger partial charge on any atom is 0.350 e. The van der Waals surface area contributed by atoms with Crippen molar-refractivity contribution in [3.8, 4) is 0 Å². The molecule has 4 rings (SSSR count). The predicted molar refractivity (Wildman–Crippen MR) is 96.0 cm³/mol. The molecule has 4 heterocycles. The minimum atomic E-state index is -0.360. The molecule has 1 fully saturated rings. The number of anilines is 2. The van der Waals surface area contributed by atoms with E-state index in [-0.39, 0.29) is 23.6 Å². The minimum Gasteiger partial charge on any atom is -0.369 e. The van der Waals surface area contributed by atoms with Crippen LogP contribution in [0.25, 0.3) is 11.0 Å². The number of pyridine rings is 1. The van der Waals surface area contributed by atoms with E-state index in [1.807, 2.05) is 11.9 Å². The van der Waals surface area contributed by atoms with Gasteiger partial charge in [0.25, 0.3) is 0 Å². The molecule has 7 nitrogen and oxygen atoms in total. The molecule has 0 saturated carbocycles. The molecule has 0 aromatic carbocycles. The topological polar surface area (TPSA) is 57.5 Å². The molecule has 2 atom stereocenters. The van der Waals surface area contributed by atoms with Crippen LogP contribution in [0.5, 0.6) is 0 Å². The van der Waals surface area contributed by atoms with E-state index in [1.54, 1.807) is 14.0 Å². The first-order valence-electron chi connectivity index (χ1n) is 8.54. The number of hydrogen-bond donors (Lipinski definition) is 0. The molecule has 2 aromatic rings. The van der Waals surface area contributed by atoms with Crippen LogP contribution >= 0.6 is 0 Å². The van der Waals surface area contributed by atoms with Gasteiger partial charge >= 0.3 is 5.69 Å². The van der Waals surface area contributed by atoms with Gasteiger partial charge in [0.15, 0.2) is 5.82 Å². The Hall–Kier alpha value is -2.22. The van der Waals surface area contributed by atoms with Gasteiger partial charge in [-0.1, -0.05) is 0 Å². The van der Waals surface area contributed by atoms with Crippen molar-refractivity contribution in [1.82, 2.24) is 19.4 Å². The van der Waals surface area contributed by atoms with Crippen LogP contribution in [0.3, 0.4) is 0 Å². The van der Waals surface area contributed by atoms with Gasteiger partial charge in [-0.15, -0.1) is 0 Å². The molecular weight excluding hydrogens is 323 g/mol. The number of aromatic nitrogens is 3. The van der Waals surface area contributed by atoms with E-state index in [4.69, 9.17) is 0 Å². The van der Waals surface area contributed by atoms with E-state index in [0.29, 0.717) is 34.8 Å². The van der Waals surface area contributed by atoms with Crippen LogP contribution in [0.2, 0.25) is 0 Å². The van der Waals surface area contributed by atoms with E-state index in [1.165, 1.54) is 4.57 Å². The van der Waals surface area contributed by atoms with Crippen molar-refractivity contribution in [3.05, 3.63) is 22.0 Å². The third-order valence-corrected chi connectivity index (χ3v) is 5.37. The molecule has 0 radical (unpaired) electrons. The standard InChI is InChI=1S/C17H23FN6O/c1-9-6-21(3)7-11-8-22(4)14-12-15(19-10(2)13(14)18)23(5)17(25)20-16(12)24(9)11/h9,11H,6-8H2,1-5H3. The molecule has 2 aromatic heterocycles. The maximum absolute atomic E-state index is 15.0. The van der Waals surface area contributed by atoms with Gasteiger partial charge < -0.3 is 14.7 Å². The van der Waals surface area contributed by atoms with Crippen LogP contribution < -0.4 is 15.5 Å². The van der Waals surface area contributed by atoms with E-state index in [0.717, 1.165) is 13.1 Å². The second kappa shape index (κ2) is 5.39. The number of piperazine rings is 1. The van der Waals surface area contributed by atoms with Gasteiger partial charge in [0.2, 0.25) is 0 Å². The normalized spacial score (nSPS) is 23.8. The number of halogens is 1.